The van der Waals surface area contributed by atoms with Crippen molar-refractivity contribution >= 4 is 31.6 Å². The van der Waals surface area contributed by atoms with Gasteiger partial charge in [-0.1, -0.05) is 0 Å². The minimum Gasteiger partial charge on any atom is -0.300 e. The van der Waals surface area contributed by atoms with Gasteiger partial charge >= 0.3 is 0 Å². The summed E-state index contributed by atoms with van der Waals surface area (Å²) in [6.45, 7) is 3.06. The Labute approximate surface area is 50.5 Å². The molecular weight excluding hydrogens is 167 g/mol. The van der Waals surface area contributed by atoms with E-state index in [2.05, 4.69) is 0 Å². The summed E-state index contributed by atoms with van der Waals surface area (Å²) in [4.78, 5) is 9.44. The molecule has 0 rings (SSSR count). The number of carbonyl (C=O) groups is 1. The number of hydrogen-bond acceptors (Lipinski definition) is 1. The molecule has 0 saturated heterocycles. The Morgan fingerprint density at radius 2 is 1.40 bits per heavy atom. The van der Waals surface area contributed by atoms with E-state index >= 15 is 0 Å². The van der Waals surface area contributed by atoms with E-state index in [-0.39, 0.29) is 31.6 Å². The summed E-state index contributed by atoms with van der Waals surface area (Å²) in [6.07, 6.45) is 0. The molecule has 0 bridgehead atoms. The average molecular weight is 173 g/mol. The van der Waals surface area contributed by atoms with E-state index in [4.69, 9.17) is 0 Å². The Morgan fingerprint density at radius 1 is 1.40 bits per heavy atom. The van der Waals surface area contributed by atoms with Gasteiger partial charge in [-0.15, -0.1) is 0 Å². The molecule has 0 saturated carbocycles. The first-order chi connectivity index (χ1) is 1.73. The van der Waals surface area contributed by atoms with Crippen molar-refractivity contribution in [3.8, 4) is 0 Å². The number of Topliss-reactive ketones (excluding diaryl/α,β-unsaturated/α-hetero) is 1. The number of carbonyl (C=O) groups excluding carboxylic acids is 1. The van der Waals surface area contributed by atoms with Crippen molar-refractivity contribution in [2.75, 3.05) is 0 Å². The van der Waals surface area contributed by atoms with Gasteiger partial charge in [0.1, 0.15) is 5.78 Å². The second-order valence-corrected chi connectivity index (χ2v) is 0.908. The molecule has 3 radical (unpaired) electrons. The molecule has 0 aliphatic heterocycles. The second-order valence-electron chi connectivity index (χ2n) is 0.908. The van der Waals surface area contributed by atoms with Gasteiger partial charge in [0.25, 0.3) is 0 Å². The first-order valence-corrected chi connectivity index (χ1v) is 1.20. The summed E-state index contributed by atoms with van der Waals surface area (Å²) in [6, 6.07) is 0. The van der Waals surface area contributed by atoms with E-state index in [0.717, 1.165) is 0 Å². The van der Waals surface area contributed by atoms with Gasteiger partial charge in [0.2, 0.25) is 0 Å². The Bertz CT molecular complexity index is 29.9. The monoisotopic (exact) mass is 173 g/mol. The molecule has 0 aliphatic carbocycles. The van der Waals surface area contributed by atoms with Crippen LogP contribution in [0.2, 0.25) is 0 Å². The van der Waals surface area contributed by atoms with Gasteiger partial charge < -0.3 is 4.79 Å². The molecule has 1 nitrogen and oxygen atoms in total. The maximum absolute atomic E-state index is 9.44. The van der Waals surface area contributed by atoms with Crippen LogP contribution >= 0.6 is 0 Å². The van der Waals surface area contributed by atoms with E-state index in [1.165, 1.54) is 13.8 Å². The number of rotatable bonds is 0. The third kappa shape index (κ3) is 100. The Balaban J connectivity index is 0. The van der Waals surface area contributed by atoms with Crippen LogP contribution in [-0.4, -0.2) is 31.6 Å². The smallest absolute Gasteiger partial charge is 0.126 e. The molecule has 5 heavy (non-hydrogen) atoms. The third-order valence-corrected chi connectivity index (χ3v) is 0. The zero-order chi connectivity index (χ0) is 3.58. The minimum atomic E-state index is 0. The van der Waals surface area contributed by atoms with Crippen molar-refractivity contribution in [1.82, 2.24) is 0 Å². The van der Waals surface area contributed by atoms with Crippen LogP contribution in [0.25, 0.3) is 0 Å². The van der Waals surface area contributed by atoms with Crippen molar-refractivity contribution in [3.05, 3.63) is 0 Å². The normalized spacial score (nSPS) is 5.20. The molecule has 27 valence electrons. The fourth-order valence-corrected chi connectivity index (χ4v) is 0. The molecule has 0 aliphatic rings. The van der Waals surface area contributed by atoms with Crippen LogP contribution in [0.3, 0.4) is 0 Å². The predicted octanol–water partition coefficient (Wildman–Crippen LogP) is 0.214. The SMILES string of the molecule is CC(C)=O.[In]. The molecule has 0 aromatic heterocycles. The average Bonchev–Trinajstić information content (AvgIpc) is 0.811. The Hall–Kier alpha value is 0.540. The van der Waals surface area contributed by atoms with Crippen molar-refractivity contribution < 1.29 is 4.79 Å². The fraction of sp³-hybridized carbons (Fsp3) is 0.667. The van der Waals surface area contributed by atoms with Gasteiger partial charge in [0.15, 0.2) is 0 Å². The fourth-order valence-electron chi connectivity index (χ4n) is 0. The first-order valence-electron chi connectivity index (χ1n) is 1.20. The van der Waals surface area contributed by atoms with Crippen molar-refractivity contribution in [2.45, 2.75) is 13.8 Å². The van der Waals surface area contributed by atoms with Gasteiger partial charge in [0, 0.05) is 25.8 Å². The van der Waals surface area contributed by atoms with Gasteiger partial charge in [-0.2, -0.15) is 0 Å². The maximum atomic E-state index is 9.44. The molecule has 0 unspecified atom stereocenters. The molecule has 0 fully saturated rings. The van der Waals surface area contributed by atoms with E-state index in [9.17, 15) is 4.79 Å². The first kappa shape index (κ1) is 9.11. The summed E-state index contributed by atoms with van der Waals surface area (Å²) >= 11 is 0. The topological polar surface area (TPSA) is 17.1 Å². The van der Waals surface area contributed by atoms with E-state index in [1.807, 2.05) is 0 Å². The summed E-state index contributed by atoms with van der Waals surface area (Å²) in [5.41, 5.74) is 0. The van der Waals surface area contributed by atoms with Gasteiger partial charge in [0.05, 0.1) is 0 Å². The largest absolute Gasteiger partial charge is 0.300 e. The van der Waals surface area contributed by atoms with Crippen LogP contribution in [0, 0.1) is 0 Å². The van der Waals surface area contributed by atoms with Crippen LogP contribution in [0.15, 0.2) is 0 Å². The van der Waals surface area contributed by atoms with Crippen molar-refractivity contribution in [3.63, 3.8) is 0 Å². The van der Waals surface area contributed by atoms with Crippen LogP contribution < -0.4 is 0 Å². The molecule has 0 aromatic carbocycles. The van der Waals surface area contributed by atoms with Crippen LogP contribution in [-0.2, 0) is 4.79 Å². The van der Waals surface area contributed by atoms with Crippen LogP contribution in [0.4, 0.5) is 0 Å². The zero-order valence-electron chi connectivity index (χ0n) is 3.49. The van der Waals surface area contributed by atoms with Crippen LogP contribution in [0.5, 0.6) is 0 Å². The maximum Gasteiger partial charge on any atom is 0.126 e. The molecule has 2 heteroatoms. The second kappa shape index (κ2) is 4.54. The zero-order valence-corrected chi connectivity index (χ0v) is 6.78. The summed E-state index contributed by atoms with van der Waals surface area (Å²) < 4.78 is 0. The van der Waals surface area contributed by atoms with Gasteiger partial charge in [-0.3, -0.25) is 0 Å². The summed E-state index contributed by atoms with van der Waals surface area (Å²) in [5, 5.41) is 0. The number of ketones is 1. The standard InChI is InChI=1S/C3H6O.In/c1-3(2)4;/h1-2H3;. The van der Waals surface area contributed by atoms with E-state index < -0.39 is 0 Å². The van der Waals surface area contributed by atoms with Gasteiger partial charge in [-0.05, 0) is 13.8 Å². The summed E-state index contributed by atoms with van der Waals surface area (Å²) in [5.74, 6) is 0.167. The molecule has 0 N–H and O–H groups in total. The van der Waals surface area contributed by atoms with Crippen molar-refractivity contribution in [1.29, 1.82) is 0 Å². The van der Waals surface area contributed by atoms with E-state index in [0.29, 0.717) is 0 Å². The molecular formula is C3H6InO. The third-order valence-electron chi connectivity index (χ3n) is 0. The minimum absolute atomic E-state index is 0. The molecule has 0 spiro atoms. The predicted molar refractivity (Wildman–Crippen MR) is 22.1 cm³/mol. The molecule has 0 heterocycles. The molecule has 0 atom stereocenters. The quantitative estimate of drug-likeness (QED) is 0.511. The molecule has 0 aromatic rings. The Morgan fingerprint density at radius 3 is 1.40 bits per heavy atom. The van der Waals surface area contributed by atoms with E-state index in [1.54, 1.807) is 0 Å². The summed E-state index contributed by atoms with van der Waals surface area (Å²) in [7, 11) is 0. The van der Waals surface area contributed by atoms with Gasteiger partial charge in [-0.25, -0.2) is 0 Å². The van der Waals surface area contributed by atoms with Crippen molar-refractivity contribution in [2.24, 2.45) is 0 Å². The Kier molecular flexibility index (Phi) is 8.27. The van der Waals surface area contributed by atoms with Crippen LogP contribution in [0.1, 0.15) is 13.8 Å². The number of hydrogen-bond donors (Lipinski definition) is 0. The molecule has 0 amide bonds.